The third-order valence-electron chi connectivity index (χ3n) is 6.35. The van der Waals surface area contributed by atoms with Gasteiger partial charge in [0.1, 0.15) is 5.75 Å². The lowest BCUT2D eigenvalue weighted by molar-refractivity contribution is -0.137. The van der Waals surface area contributed by atoms with E-state index in [4.69, 9.17) is 4.74 Å². The van der Waals surface area contributed by atoms with Gasteiger partial charge in [0.05, 0.1) is 12.2 Å². The van der Waals surface area contributed by atoms with Gasteiger partial charge in [0, 0.05) is 19.0 Å². The number of anilines is 1. The zero-order valence-electron chi connectivity index (χ0n) is 18.7. The first kappa shape index (κ1) is 22.3. The molecule has 6 heteroatoms. The number of amides is 2. The average molecular weight is 436 g/mol. The number of rotatable bonds is 6. The Labute approximate surface area is 190 Å². The highest BCUT2D eigenvalue weighted by atomic mass is 16.5. The van der Waals surface area contributed by atoms with Crippen LogP contribution in [0.4, 0.5) is 5.69 Å². The maximum absolute atomic E-state index is 12.9. The van der Waals surface area contributed by atoms with Crippen LogP contribution in [-0.2, 0) is 9.59 Å². The van der Waals surface area contributed by atoms with Crippen molar-refractivity contribution in [1.29, 1.82) is 0 Å². The van der Waals surface area contributed by atoms with Crippen molar-refractivity contribution in [3.05, 3.63) is 54.6 Å². The number of likely N-dealkylation sites (tertiary alicyclic amines) is 2. The van der Waals surface area contributed by atoms with Gasteiger partial charge in [0.2, 0.25) is 11.8 Å². The number of para-hydroxylation sites is 3. The number of nitrogens with one attached hydrogen (secondary N) is 1. The molecule has 0 atom stereocenters. The van der Waals surface area contributed by atoms with Gasteiger partial charge in [-0.3, -0.25) is 14.5 Å². The minimum Gasteiger partial charge on any atom is -0.455 e. The second kappa shape index (κ2) is 11.1. The molecule has 0 unspecified atom stereocenters. The molecule has 2 aliphatic heterocycles. The van der Waals surface area contributed by atoms with Crippen LogP contribution >= 0.6 is 0 Å². The Morgan fingerprint density at radius 3 is 2.22 bits per heavy atom. The van der Waals surface area contributed by atoms with Gasteiger partial charge in [-0.05, 0) is 63.0 Å². The molecule has 170 valence electrons. The van der Waals surface area contributed by atoms with Crippen molar-refractivity contribution < 1.29 is 14.3 Å². The summed E-state index contributed by atoms with van der Waals surface area (Å²) in [7, 11) is 0. The predicted octanol–water partition coefficient (Wildman–Crippen LogP) is 4.53. The van der Waals surface area contributed by atoms with E-state index < -0.39 is 0 Å². The Bertz CT molecular complexity index is 886. The number of hydrogen-bond donors (Lipinski definition) is 1. The van der Waals surface area contributed by atoms with Crippen LogP contribution in [0.25, 0.3) is 0 Å². The van der Waals surface area contributed by atoms with Gasteiger partial charge >= 0.3 is 0 Å². The van der Waals surface area contributed by atoms with Crippen LogP contribution in [0.3, 0.4) is 0 Å². The summed E-state index contributed by atoms with van der Waals surface area (Å²) in [5.41, 5.74) is 0.660. The summed E-state index contributed by atoms with van der Waals surface area (Å²) in [6, 6.07) is 17.0. The summed E-state index contributed by atoms with van der Waals surface area (Å²) >= 11 is 0. The minimum absolute atomic E-state index is 0.0635. The van der Waals surface area contributed by atoms with E-state index in [0.717, 1.165) is 57.6 Å². The summed E-state index contributed by atoms with van der Waals surface area (Å²) in [6.07, 6.45) is 6.38. The lowest BCUT2D eigenvalue weighted by Gasteiger charge is -2.33. The summed E-state index contributed by atoms with van der Waals surface area (Å²) < 4.78 is 5.94. The molecule has 0 saturated carbocycles. The standard InChI is InChI=1S/C26H33N3O3/c30-25(27-23-12-6-7-13-24(23)32-22-10-4-3-5-11-22)20-28-18-14-21(15-19-28)26(31)29-16-8-1-2-9-17-29/h3-7,10-13,21H,1-2,8-9,14-20H2,(H,27,30). The van der Waals surface area contributed by atoms with E-state index in [2.05, 4.69) is 15.1 Å². The minimum atomic E-state index is -0.0635. The lowest BCUT2D eigenvalue weighted by atomic mass is 9.95. The second-order valence-electron chi connectivity index (χ2n) is 8.75. The molecule has 2 amide bonds. The normalized spacial score (nSPS) is 18.1. The fraction of sp³-hybridized carbons (Fsp3) is 0.462. The number of carbonyl (C=O) groups is 2. The first-order valence-corrected chi connectivity index (χ1v) is 11.8. The molecule has 32 heavy (non-hydrogen) atoms. The van der Waals surface area contributed by atoms with Gasteiger partial charge in [-0.15, -0.1) is 0 Å². The zero-order chi connectivity index (χ0) is 22.2. The number of benzene rings is 2. The van der Waals surface area contributed by atoms with Gasteiger partial charge in [-0.2, -0.15) is 0 Å². The molecule has 2 aliphatic rings. The third-order valence-corrected chi connectivity index (χ3v) is 6.35. The van der Waals surface area contributed by atoms with Crippen molar-refractivity contribution in [1.82, 2.24) is 9.80 Å². The molecule has 0 aliphatic carbocycles. The maximum Gasteiger partial charge on any atom is 0.238 e. The second-order valence-corrected chi connectivity index (χ2v) is 8.75. The number of hydrogen-bond acceptors (Lipinski definition) is 4. The van der Waals surface area contributed by atoms with Crippen molar-refractivity contribution in [2.45, 2.75) is 38.5 Å². The number of piperidine rings is 1. The zero-order valence-corrected chi connectivity index (χ0v) is 18.7. The molecule has 0 aromatic heterocycles. The van der Waals surface area contributed by atoms with Crippen molar-refractivity contribution in [2.24, 2.45) is 5.92 Å². The predicted molar refractivity (Wildman–Crippen MR) is 126 cm³/mol. The summed E-state index contributed by atoms with van der Waals surface area (Å²) in [6.45, 7) is 3.70. The molecule has 0 radical (unpaired) electrons. The molecular weight excluding hydrogens is 402 g/mol. The lowest BCUT2D eigenvalue weighted by Crippen LogP contribution is -2.44. The Morgan fingerprint density at radius 1 is 0.844 bits per heavy atom. The van der Waals surface area contributed by atoms with Crippen molar-refractivity contribution in [2.75, 3.05) is 38.0 Å². The van der Waals surface area contributed by atoms with Gasteiger partial charge in [0.25, 0.3) is 0 Å². The monoisotopic (exact) mass is 435 g/mol. The highest BCUT2D eigenvalue weighted by molar-refractivity contribution is 5.93. The molecule has 2 aromatic rings. The first-order valence-electron chi connectivity index (χ1n) is 11.8. The van der Waals surface area contributed by atoms with Gasteiger partial charge < -0.3 is 15.0 Å². The SMILES string of the molecule is O=C(CN1CCC(C(=O)N2CCCCCC2)CC1)Nc1ccccc1Oc1ccccc1. The molecular formula is C26H33N3O3. The van der Waals surface area contributed by atoms with E-state index >= 15 is 0 Å². The van der Waals surface area contributed by atoms with Crippen molar-refractivity contribution >= 4 is 17.5 Å². The Morgan fingerprint density at radius 2 is 1.50 bits per heavy atom. The molecule has 2 aromatic carbocycles. The van der Waals surface area contributed by atoms with Gasteiger partial charge in [-0.1, -0.05) is 43.2 Å². The fourth-order valence-electron chi connectivity index (χ4n) is 4.55. The smallest absolute Gasteiger partial charge is 0.238 e. The molecule has 2 fully saturated rings. The van der Waals surface area contributed by atoms with Crippen LogP contribution in [0.5, 0.6) is 11.5 Å². The average Bonchev–Trinajstić information content (AvgIpc) is 3.11. The summed E-state index contributed by atoms with van der Waals surface area (Å²) in [5.74, 6) is 1.71. The molecule has 2 heterocycles. The summed E-state index contributed by atoms with van der Waals surface area (Å²) in [4.78, 5) is 29.8. The van der Waals surface area contributed by atoms with E-state index in [0.29, 0.717) is 23.9 Å². The highest BCUT2D eigenvalue weighted by Gasteiger charge is 2.29. The molecule has 0 bridgehead atoms. The quantitative estimate of drug-likeness (QED) is 0.724. The van der Waals surface area contributed by atoms with Crippen molar-refractivity contribution in [3.63, 3.8) is 0 Å². The first-order chi connectivity index (χ1) is 15.7. The van der Waals surface area contributed by atoms with Gasteiger partial charge in [-0.25, -0.2) is 0 Å². The number of nitrogens with zero attached hydrogens (tertiary/aromatic N) is 2. The van der Waals surface area contributed by atoms with E-state index in [-0.39, 0.29) is 11.8 Å². The van der Waals surface area contributed by atoms with E-state index in [9.17, 15) is 9.59 Å². The van der Waals surface area contributed by atoms with Gasteiger partial charge in [0.15, 0.2) is 5.75 Å². The molecule has 4 rings (SSSR count). The van der Waals surface area contributed by atoms with E-state index in [1.807, 2.05) is 54.6 Å². The van der Waals surface area contributed by atoms with E-state index in [1.54, 1.807) is 0 Å². The molecule has 6 nitrogen and oxygen atoms in total. The fourth-order valence-corrected chi connectivity index (χ4v) is 4.55. The number of ether oxygens (including phenoxy) is 1. The van der Waals surface area contributed by atoms with Crippen LogP contribution in [-0.4, -0.2) is 54.3 Å². The summed E-state index contributed by atoms with van der Waals surface area (Å²) in [5, 5.41) is 2.99. The molecule has 0 spiro atoms. The topological polar surface area (TPSA) is 61.9 Å². The number of carbonyl (C=O) groups excluding carboxylic acids is 2. The highest BCUT2D eigenvalue weighted by Crippen LogP contribution is 2.29. The van der Waals surface area contributed by atoms with Crippen molar-refractivity contribution in [3.8, 4) is 11.5 Å². The largest absolute Gasteiger partial charge is 0.455 e. The maximum atomic E-state index is 12.9. The Hall–Kier alpha value is -2.86. The van der Waals surface area contributed by atoms with Crippen LogP contribution in [0.1, 0.15) is 38.5 Å². The van der Waals surface area contributed by atoms with Crippen LogP contribution in [0.15, 0.2) is 54.6 Å². The van der Waals surface area contributed by atoms with E-state index in [1.165, 1.54) is 12.8 Å². The molecule has 2 saturated heterocycles. The molecule has 1 N–H and O–H groups in total. The van der Waals surface area contributed by atoms with Crippen LogP contribution in [0.2, 0.25) is 0 Å². The van der Waals surface area contributed by atoms with Crippen LogP contribution in [0, 0.1) is 5.92 Å². The third kappa shape index (κ3) is 6.10. The van der Waals surface area contributed by atoms with Crippen LogP contribution < -0.4 is 10.1 Å². The Balaban J connectivity index is 1.26. The Kier molecular flexibility index (Phi) is 7.77.